The molecule has 1 fully saturated rings. The van der Waals surface area contributed by atoms with E-state index in [9.17, 15) is 9.50 Å². The van der Waals surface area contributed by atoms with Gasteiger partial charge in [0.1, 0.15) is 11.6 Å². The van der Waals surface area contributed by atoms with Gasteiger partial charge < -0.3 is 15.0 Å². The minimum Gasteiger partial charge on any atom is -0.395 e. The molecule has 128 valence electrons. The van der Waals surface area contributed by atoms with E-state index in [1.165, 1.54) is 12.1 Å². The van der Waals surface area contributed by atoms with Crippen molar-refractivity contribution in [3.05, 3.63) is 42.1 Å². The standard InChI is InChI=1S/C16H20FN3O.2ClH/c17-14-3-1-12(2-4-14)15-11-20(9-10-21)16(19-15)13-5-7-18-8-6-13;;/h1-4,11,13,18,21H,5-10H2;2*1H. The van der Waals surface area contributed by atoms with E-state index in [0.29, 0.717) is 12.5 Å². The SMILES string of the molecule is Cl.Cl.OCCn1cc(-c2ccc(F)cc2)nc1C1CCNCC1. The molecule has 2 aromatic rings. The quantitative estimate of drug-likeness (QED) is 0.879. The number of nitrogens with one attached hydrogen (secondary N) is 1. The van der Waals surface area contributed by atoms with Crippen molar-refractivity contribution in [2.75, 3.05) is 19.7 Å². The first kappa shape index (κ1) is 19.9. The van der Waals surface area contributed by atoms with Crippen molar-refractivity contribution in [1.29, 1.82) is 0 Å². The number of imidazole rings is 1. The van der Waals surface area contributed by atoms with Gasteiger partial charge in [0.25, 0.3) is 0 Å². The Morgan fingerprint density at radius 2 is 1.83 bits per heavy atom. The molecule has 2 heterocycles. The van der Waals surface area contributed by atoms with Gasteiger partial charge in [-0.1, -0.05) is 0 Å². The van der Waals surface area contributed by atoms with E-state index in [4.69, 9.17) is 4.98 Å². The average Bonchev–Trinajstić information content (AvgIpc) is 2.93. The number of hydrogen-bond donors (Lipinski definition) is 2. The maximum atomic E-state index is 13.0. The first-order valence-corrected chi connectivity index (χ1v) is 7.42. The Labute approximate surface area is 147 Å². The van der Waals surface area contributed by atoms with Gasteiger partial charge in [0.2, 0.25) is 0 Å². The Kier molecular flexibility index (Phi) is 7.99. The molecule has 0 aliphatic carbocycles. The fraction of sp³-hybridized carbons (Fsp3) is 0.438. The van der Waals surface area contributed by atoms with Gasteiger partial charge in [-0.3, -0.25) is 0 Å². The zero-order valence-electron chi connectivity index (χ0n) is 12.7. The summed E-state index contributed by atoms with van der Waals surface area (Å²) >= 11 is 0. The molecule has 1 aromatic carbocycles. The van der Waals surface area contributed by atoms with Crippen LogP contribution in [0.25, 0.3) is 11.3 Å². The molecule has 0 spiro atoms. The van der Waals surface area contributed by atoms with E-state index in [-0.39, 0.29) is 37.2 Å². The molecule has 1 saturated heterocycles. The van der Waals surface area contributed by atoms with Gasteiger partial charge in [-0.15, -0.1) is 24.8 Å². The van der Waals surface area contributed by atoms with Crippen molar-refractivity contribution < 1.29 is 9.50 Å². The molecule has 0 unspecified atom stereocenters. The lowest BCUT2D eigenvalue weighted by Crippen LogP contribution is -2.28. The monoisotopic (exact) mass is 361 g/mol. The van der Waals surface area contributed by atoms with E-state index in [2.05, 4.69) is 5.32 Å². The smallest absolute Gasteiger partial charge is 0.123 e. The van der Waals surface area contributed by atoms with E-state index in [1.54, 1.807) is 12.1 Å². The topological polar surface area (TPSA) is 50.1 Å². The molecule has 3 rings (SSSR count). The van der Waals surface area contributed by atoms with Gasteiger partial charge in [-0.25, -0.2) is 9.37 Å². The number of aliphatic hydroxyl groups excluding tert-OH is 1. The number of rotatable bonds is 4. The lowest BCUT2D eigenvalue weighted by molar-refractivity contribution is 0.271. The molecule has 0 radical (unpaired) electrons. The van der Waals surface area contributed by atoms with Crippen molar-refractivity contribution in [3.8, 4) is 11.3 Å². The van der Waals surface area contributed by atoms with Crippen molar-refractivity contribution in [2.24, 2.45) is 0 Å². The van der Waals surface area contributed by atoms with Crippen LogP contribution in [0.15, 0.2) is 30.5 Å². The van der Waals surface area contributed by atoms with E-state index < -0.39 is 0 Å². The highest BCUT2D eigenvalue weighted by molar-refractivity contribution is 5.85. The van der Waals surface area contributed by atoms with Crippen LogP contribution in [0.1, 0.15) is 24.6 Å². The summed E-state index contributed by atoms with van der Waals surface area (Å²) in [6.45, 7) is 2.65. The molecule has 23 heavy (non-hydrogen) atoms. The third kappa shape index (κ3) is 4.67. The third-order valence-electron chi connectivity index (χ3n) is 3.99. The van der Waals surface area contributed by atoms with Gasteiger partial charge in [-0.2, -0.15) is 0 Å². The molecule has 4 nitrogen and oxygen atoms in total. The third-order valence-corrected chi connectivity index (χ3v) is 3.99. The highest BCUT2D eigenvalue weighted by atomic mass is 35.5. The van der Waals surface area contributed by atoms with Crippen LogP contribution in [0.3, 0.4) is 0 Å². The Morgan fingerprint density at radius 3 is 2.43 bits per heavy atom. The van der Waals surface area contributed by atoms with Crippen LogP contribution in [-0.2, 0) is 6.54 Å². The highest BCUT2D eigenvalue weighted by Crippen LogP contribution is 2.28. The number of aliphatic hydroxyl groups is 1. The Balaban J connectivity index is 0.00000132. The zero-order chi connectivity index (χ0) is 14.7. The predicted molar refractivity (Wildman–Crippen MR) is 94.0 cm³/mol. The number of aromatic nitrogens is 2. The van der Waals surface area contributed by atoms with Crippen molar-refractivity contribution >= 4 is 24.8 Å². The Bertz CT molecular complexity index is 598. The lowest BCUT2D eigenvalue weighted by atomic mass is 9.97. The summed E-state index contributed by atoms with van der Waals surface area (Å²) in [7, 11) is 0. The molecule has 7 heteroatoms. The first-order chi connectivity index (χ1) is 10.3. The molecule has 0 atom stereocenters. The fourth-order valence-electron chi connectivity index (χ4n) is 2.88. The second-order valence-corrected chi connectivity index (χ2v) is 5.43. The van der Waals surface area contributed by atoms with Crippen LogP contribution in [0.2, 0.25) is 0 Å². The summed E-state index contributed by atoms with van der Waals surface area (Å²) in [5, 5.41) is 12.6. The molecular weight excluding hydrogens is 340 g/mol. The summed E-state index contributed by atoms with van der Waals surface area (Å²) in [5.41, 5.74) is 1.75. The second kappa shape index (κ2) is 9.23. The van der Waals surface area contributed by atoms with Crippen LogP contribution in [0.4, 0.5) is 4.39 Å². The molecule has 1 aliphatic heterocycles. The maximum Gasteiger partial charge on any atom is 0.123 e. The molecule has 2 N–H and O–H groups in total. The van der Waals surface area contributed by atoms with E-state index in [1.807, 2.05) is 10.8 Å². The molecule has 1 aromatic heterocycles. The fourth-order valence-corrected chi connectivity index (χ4v) is 2.88. The van der Waals surface area contributed by atoms with Crippen LogP contribution >= 0.6 is 24.8 Å². The number of halogens is 3. The van der Waals surface area contributed by atoms with E-state index >= 15 is 0 Å². The number of hydrogen-bond acceptors (Lipinski definition) is 3. The van der Waals surface area contributed by atoms with Crippen LogP contribution in [0.5, 0.6) is 0 Å². The van der Waals surface area contributed by atoms with Gasteiger partial charge in [0.05, 0.1) is 12.3 Å². The van der Waals surface area contributed by atoms with Gasteiger partial charge in [0, 0.05) is 24.2 Å². The van der Waals surface area contributed by atoms with Gasteiger partial charge in [0.15, 0.2) is 0 Å². The largest absolute Gasteiger partial charge is 0.395 e. The summed E-state index contributed by atoms with van der Waals surface area (Å²) < 4.78 is 15.1. The number of piperidine rings is 1. The summed E-state index contributed by atoms with van der Waals surface area (Å²) in [5.74, 6) is 1.21. The summed E-state index contributed by atoms with van der Waals surface area (Å²) in [6.07, 6.45) is 4.08. The van der Waals surface area contributed by atoms with E-state index in [0.717, 1.165) is 43.0 Å². The first-order valence-electron chi connectivity index (χ1n) is 7.42. The van der Waals surface area contributed by atoms with Gasteiger partial charge >= 0.3 is 0 Å². The highest BCUT2D eigenvalue weighted by Gasteiger charge is 2.21. The number of nitrogens with zero attached hydrogens (tertiary/aromatic N) is 2. The van der Waals surface area contributed by atoms with Crippen molar-refractivity contribution in [2.45, 2.75) is 25.3 Å². The van der Waals surface area contributed by atoms with Crippen LogP contribution < -0.4 is 5.32 Å². The summed E-state index contributed by atoms with van der Waals surface area (Å²) in [4.78, 5) is 4.75. The van der Waals surface area contributed by atoms with Crippen LogP contribution in [-0.4, -0.2) is 34.4 Å². The van der Waals surface area contributed by atoms with Gasteiger partial charge in [-0.05, 0) is 50.2 Å². The Morgan fingerprint density at radius 1 is 1.17 bits per heavy atom. The molecular formula is C16H22Cl2FN3O. The lowest BCUT2D eigenvalue weighted by Gasteiger charge is -2.22. The van der Waals surface area contributed by atoms with Crippen LogP contribution in [0, 0.1) is 5.82 Å². The maximum absolute atomic E-state index is 13.0. The van der Waals surface area contributed by atoms with Crippen molar-refractivity contribution in [3.63, 3.8) is 0 Å². The molecule has 0 amide bonds. The Hall–Kier alpha value is -1.14. The molecule has 1 aliphatic rings. The second-order valence-electron chi connectivity index (χ2n) is 5.43. The average molecular weight is 362 g/mol. The summed E-state index contributed by atoms with van der Waals surface area (Å²) in [6, 6.07) is 6.38. The molecule has 0 bridgehead atoms. The molecule has 0 saturated carbocycles. The van der Waals surface area contributed by atoms with Crippen molar-refractivity contribution in [1.82, 2.24) is 14.9 Å². The zero-order valence-corrected chi connectivity index (χ0v) is 14.4. The normalized spacial score (nSPS) is 14.9. The predicted octanol–water partition coefficient (Wildman–Crippen LogP) is 2.99. The minimum absolute atomic E-state index is 0. The minimum atomic E-state index is -0.243. The number of benzene rings is 1.